The third kappa shape index (κ3) is 3.13. The smallest absolute Gasteiger partial charge is 0.251 e. The SMILES string of the molecule is O=C(NCC1CCCCN1)c1ccc(O)c(O)c1. The van der Waals surface area contributed by atoms with Gasteiger partial charge >= 0.3 is 0 Å². The van der Waals surface area contributed by atoms with Crippen LogP contribution >= 0.6 is 0 Å². The van der Waals surface area contributed by atoms with Gasteiger partial charge in [0.25, 0.3) is 5.91 Å². The maximum atomic E-state index is 11.8. The summed E-state index contributed by atoms with van der Waals surface area (Å²) in [6.07, 6.45) is 3.45. The van der Waals surface area contributed by atoms with E-state index in [2.05, 4.69) is 10.6 Å². The van der Waals surface area contributed by atoms with Crippen molar-refractivity contribution in [2.45, 2.75) is 25.3 Å². The molecule has 1 aromatic rings. The van der Waals surface area contributed by atoms with E-state index in [-0.39, 0.29) is 17.4 Å². The van der Waals surface area contributed by atoms with Crippen LogP contribution in [0.4, 0.5) is 0 Å². The number of rotatable bonds is 3. The van der Waals surface area contributed by atoms with Crippen molar-refractivity contribution in [3.8, 4) is 11.5 Å². The highest BCUT2D eigenvalue weighted by Crippen LogP contribution is 2.24. The molecule has 5 nitrogen and oxygen atoms in total. The molecule has 1 saturated heterocycles. The summed E-state index contributed by atoms with van der Waals surface area (Å²) in [4.78, 5) is 11.8. The first kappa shape index (κ1) is 12.7. The molecule has 1 heterocycles. The maximum absolute atomic E-state index is 11.8. The molecule has 1 atom stereocenters. The summed E-state index contributed by atoms with van der Waals surface area (Å²) in [5, 5.41) is 24.7. The molecular formula is C13H18N2O3. The predicted octanol–water partition coefficient (Wildman–Crippen LogP) is 0.970. The van der Waals surface area contributed by atoms with E-state index in [4.69, 9.17) is 5.11 Å². The molecule has 1 fully saturated rings. The number of nitrogens with one attached hydrogen (secondary N) is 2. The molecule has 1 aliphatic heterocycles. The van der Waals surface area contributed by atoms with E-state index in [1.54, 1.807) is 0 Å². The van der Waals surface area contributed by atoms with Gasteiger partial charge in [0, 0.05) is 18.2 Å². The second kappa shape index (κ2) is 5.73. The van der Waals surface area contributed by atoms with Gasteiger partial charge in [-0.1, -0.05) is 6.42 Å². The molecule has 4 N–H and O–H groups in total. The van der Waals surface area contributed by atoms with Crippen molar-refractivity contribution >= 4 is 5.91 Å². The zero-order chi connectivity index (χ0) is 13.0. The monoisotopic (exact) mass is 250 g/mol. The van der Waals surface area contributed by atoms with Crippen LogP contribution in [0.3, 0.4) is 0 Å². The van der Waals surface area contributed by atoms with E-state index in [1.807, 2.05) is 0 Å². The first-order valence-electron chi connectivity index (χ1n) is 6.20. The van der Waals surface area contributed by atoms with Crippen molar-refractivity contribution in [1.29, 1.82) is 0 Å². The van der Waals surface area contributed by atoms with Crippen molar-refractivity contribution < 1.29 is 15.0 Å². The third-order valence-electron chi connectivity index (χ3n) is 3.16. The van der Waals surface area contributed by atoms with Gasteiger partial charge in [-0.05, 0) is 37.6 Å². The molecular weight excluding hydrogens is 232 g/mol. The van der Waals surface area contributed by atoms with E-state index >= 15 is 0 Å². The van der Waals surface area contributed by atoms with Crippen LogP contribution in [-0.2, 0) is 0 Å². The maximum Gasteiger partial charge on any atom is 0.251 e. The van der Waals surface area contributed by atoms with Crippen LogP contribution in [0.2, 0.25) is 0 Å². The van der Waals surface area contributed by atoms with Crippen molar-refractivity contribution in [2.75, 3.05) is 13.1 Å². The molecule has 2 rings (SSSR count). The first-order chi connectivity index (χ1) is 8.66. The quantitative estimate of drug-likeness (QED) is 0.603. The molecule has 0 aromatic heterocycles. The Bertz CT molecular complexity index is 428. The molecule has 18 heavy (non-hydrogen) atoms. The van der Waals surface area contributed by atoms with Gasteiger partial charge in [0.15, 0.2) is 11.5 Å². The van der Waals surface area contributed by atoms with E-state index < -0.39 is 0 Å². The van der Waals surface area contributed by atoms with E-state index in [9.17, 15) is 9.90 Å². The number of aromatic hydroxyl groups is 2. The summed E-state index contributed by atoms with van der Waals surface area (Å²) in [6.45, 7) is 1.58. The lowest BCUT2D eigenvalue weighted by Crippen LogP contribution is -2.43. The minimum absolute atomic E-state index is 0.222. The summed E-state index contributed by atoms with van der Waals surface area (Å²) in [5.74, 6) is -0.739. The number of hydrogen-bond donors (Lipinski definition) is 4. The summed E-state index contributed by atoms with van der Waals surface area (Å²) >= 11 is 0. The molecule has 0 saturated carbocycles. The van der Waals surface area contributed by atoms with Crippen LogP contribution in [0.15, 0.2) is 18.2 Å². The normalized spacial score (nSPS) is 19.4. The van der Waals surface area contributed by atoms with Crippen molar-refractivity contribution in [3.05, 3.63) is 23.8 Å². The van der Waals surface area contributed by atoms with Gasteiger partial charge in [0.1, 0.15) is 0 Å². The molecule has 5 heteroatoms. The highest BCUT2D eigenvalue weighted by atomic mass is 16.3. The van der Waals surface area contributed by atoms with Crippen LogP contribution in [0.1, 0.15) is 29.6 Å². The van der Waals surface area contributed by atoms with Crippen LogP contribution in [0.5, 0.6) is 11.5 Å². The summed E-state index contributed by atoms with van der Waals surface area (Å²) < 4.78 is 0. The molecule has 1 unspecified atom stereocenters. The Balaban J connectivity index is 1.88. The Kier molecular flexibility index (Phi) is 4.04. The van der Waals surface area contributed by atoms with Gasteiger partial charge in [-0.25, -0.2) is 0 Å². The average molecular weight is 250 g/mol. The van der Waals surface area contributed by atoms with E-state index in [1.165, 1.54) is 31.0 Å². The van der Waals surface area contributed by atoms with Crippen molar-refractivity contribution in [1.82, 2.24) is 10.6 Å². The number of carbonyl (C=O) groups is 1. The highest BCUT2D eigenvalue weighted by Gasteiger charge is 2.14. The van der Waals surface area contributed by atoms with Crippen molar-refractivity contribution in [2.24, 2.45) is 0 Å². The molecule has 0 radical (unpaired) electrons. The Morgan fingerprint density at radius 2 is 2.17 bits per heavy atom. The average Bonchev–Trinajstić information content (AvgIpc) is 2.40. The number of hydrogen-bond acceptors (Lipinski definition) is 4. The topological polar surface area (TPSA) is 81.6 Å². The Hall–Kier alpha value is -1.75. The highest BCUT2D eigenvalue weighted by molar-refractivity contribution is 5.94. The fraction of sp³-hybridized carbons (Fsp3) is 0.462. The van der Waals surface area contributed by atoms with Gasteiger partial charge in [-0.3, -0.25) is 4.79 Å². The van der Waals surface area contributed by atoms with Gasteiger partial charge in [0.2, 0.25) is 0 Å². The fourth-order valence-electron chi connectivity index (χ4n) is 2.08. The van der Waals surface area contributed by atoms with Gasteiger partial charge < -0.3 is 20.8 Å². The summed E-state index contributed by atoms with van der Waals surface area (Å²) in [5.41, 5.74) is 0.348. The van der Waals surface area contributed by atoms with E-state index in [0.717, 1.165) is 13.0 Å². The fourth-order valence-corrected chi connectivity index (χ4v) is 2.08. The lowest BCUT2D eigenvalue weighted by Gasteiger charge is -2.23. The molecule has 1 amide bonds. The minimum Gasteiger partial charge on any atom is -0.504 e. The van der Waals surface area contributed by atoms with Crippen LogP contribution in [0.25, 0.3) is 0 Å². The second-order valence-electron chi connectivity index (χ2n) is 4.56. The molecule has 1 aliphatic rings. The lowest BCUT2D eigenvalue weighted by atomic mass is 10.0. The molecule has 0 aliphatic carbocycles. The predicted molar refractivity (Wildman–Crippen MR) is 67.7 cm³/mol. The van der Waals surface area contributed by atoms with Gasteiger partial charge in [-0.15, -0.1) is 0 Å². The Morgan fingerprint density at radius 3 is 2.83 bits per heavy atom. The van der Waals surface area contributed by atoms with E-state index in [0.29, 0.717) is 18.2 Å². The number of phenols is 2. The number of carbonyl (C=O) groups excluding carboxylic acids is 1. The molecule has 98 valence electrons. The summed E-state index contributed by atoms with van der Waals surface area (Å²) in [6, 6.07) is 4.38. The first-order valence-corrected chi connectivity index (χ1v) is 6.20. The molecule has 0 bridgehead atoms. The largest absolute Gasteiger partial charge is 0.504 e. The minimum atomic E-state index is -0.279. The number of phenolic OH excluding ortho intramolecular Hbond substituents is 2. The Labute approximate surface area is 106 Å². The number of amides is 1. The van der Waals surface area contributed by atoms with Crippen LogP contribution in [0, 0.1) is 0 Å². The van der Waals surface area contributed by atoms with Crippen LogP contribution < -0.4 is 10.6 Å². The molecule has 0 spiro atoms. The standard InChI is InChI=1S/C13H18N2O3/c16-11-5-4-9(7-12(11)17)13(18)15-8-10-3-1-2-6-14-10/h4-5,7,10,14,16-17H,1-3,6,8H2,(H,15,18). The third-order valence-corrected chi connectivity index (χ3v) is 3.16. The Morgan fingerprint density at radius 1 is 1.33 bits per heavy atom. The second-order valence-corrected chi connectivity index (χ2v) is 4.56. The van der Waals surface area contributed by atoms with Gasteiger partial charge in [-0.2, -0.15) is 0 Å². The lowest BCUT2D eigenvalue weighted by molar-refractivity contribution is 0.0947. The number of benzene rings is 1. The van der Waals surface area contributed by atoms with Gasteiger partial charge in [0.05, 0.1) is 0 Å². The number of piperidine rings is 1. The van der Waals surface area contributed by atoms with Crippen LogP contribution in [-0.4, -0.2) is 35.3 Å². The zero-order valence-electron chi connectivity index (χ0n) is 10.1. The molecule has 1 aromatic carbocycles. The summed E-state index contributed by atoms with van der Waals surface area (Å²) in [7, 11) is 0. The van der Waals surface area contributed by atoms with Crippen molar-refractivity contribution in [3.63, 3.8) is 0 Å². The zero-order valence-corrected chi connectivity index (χ0v) is 10.1.